The molecule has 0 spiro atoms. The summed E-state index contributed by atoms with van der Waals surface area (Å²) in [6.07, 6.45) is 0. The monoisotopic (exact) mass is 221 g/mol. The van der Waals surface area contributed by atoms with Crippen LogP contribution in [-0.2, 0) is 0 Å². The molecule has 0 unspecified atom stereocenters. The molecule has 6 heteroatoms. The molecule has 1 rings (SSSR count). The van der Waals surface area contributed by atoms with Gasteiger partial charge in [0.25, 0.3) is 5.91 Å². The first-order valence-electron chi connectivity index (χ1n) is 3.98. The third kappa shape index (κ3) is 2.68. The van der Waals surface area contributed by atoms with Crippen molar-refractivity contribution in [2.45, 2.75) is 13.1 Å². The minimum Gasteiger partial charge on any atom is -0.269 e. The Hall–Kier alpha value is -1.59. The molecular weight excluding hydrogens is 214 g/mol. The molecule has 0 atom stereocenters. The Kier molecular flexibility index (Phi) is 3.65. The normalized spacial score (nSPS) is 10.8. The van der Waals surface area contributed by atoms with Gasteiger partial charge in [0.05, 0.1) is 0 Å². The van der Waals surface area contributed by atoms with E-state index in [1.807, 2.05) is 0 Å². The first-order valence-corrected chi connectivity index (χ1v) is 3.98. The van der Waals surface area contributed by atoms with E-state index in [9.17, 15) is 22.4 Å². The van der Waals surface area contributed by atoms with Gasteiger partial charge in [-0.05, 0) is 12.1 Å². The number of nitrogens with zero attached hydrogens (tertiary/aromatic N) is 1. The van der Waals surface area contributed by atoms with Gasteiger partial charge >= 0.3 is 13.1 Å². The summed E-state index contributed by atoms with van der Waals surface area (Å²) in [5.74, 6) is -1.39. The summed E-state index contributed by atoms with van der Waals surface area (Å²) >= 11 is 0. The molecule has 0 aliphatic carbocycles. The van der Waals surface area contributed by atoms with Crippen LogP contribution in [-0.4, -0.2) is 23.9 Å². The third-order valence-corrected chi connectivity index (χ3v) is 1.68. The lowest BCUT2D eigenvalue weighted by Crippen LogP contribution is -2.39. The highest BCUT2D eigenvalue weighted by atomic mass is 19.3. The average molecular weight is 221 g/mol. The average Bonchev–Trinajstić information content (AvgIpc) is 2.18. The smallest absolute Gasteiger partial charge is 0.269 e. The van der Waals surface area contributed by atoms with E-state index in [-0.39, 0.29) is 5.56 Å². The minimum absolute atomic E-state index is 0.196. The molecule has 0 aliphatic rings. The van der Waals surface area contributed by atoms with E-state index in [1.54, 1.807) is 6.07 Å². The van der Waals surface area contributed by atoms with Crippen LogP contribution in [0.2, 0.25) is 0 Å². The fourth-order valence-electron chi connectivity index (χ4n) is 0.992. The minimum atomic E-state index is -3.52. The van der Waals surface area contributed by atoms with Crippen LogP contribution in [0, 0.1) is 0 Å². The Labute approximate surface area is 83.1 Å². The van der Waals surface area contributed by atoms with Crippen molar-refractivity contribution in [2.24, 2.45) is 0 Å². The number of hydrogen-bond acceptors (Lipinski definition) is 1. The fraction of sp³-hybridized carbons (Fsp3) is 0.222. The Morgan fingerprint density at radius 1 is 1.00 bits per heavy atom. The molecule has 0 bridgehead atoms. The van der Waals surface area contributed by atoms with E-state index in [1.165, 1.54) is 24.3 Å². The molecule has 0 aromatic heterocycles. The van der Waals surface area contributed by atoms with Gasteiger partial charge in [-0.25, -0.2) is 4.90 Å². The van der Waals surface area contributed by atoms with Crippen LogP contribution in [0.15, 0.2) is 30.3 Å². The molecule has 0 heterocycles. The third-order valence-electron chi connectivity index (χ3n) is 1.68. The molecule has 0 saturated heterocycles. The molecular formula is C9H7F4NO. The summed E-state index contributed by atoms with van der Waals surface area (Å²) in [5, 5.41) is 0. The van der Waals surface area contributed by atoms with Crippen molar-refractivity contribution in [1.82, 2.24) is 4.90 Å². The highest BCUT2D eigenvalue weighted by Gasteiger charge is 2.31. The number of hydrogen-bond donors (Lipinski definition) is 0. The molecule has 0 saturated carbocycles. The van der Waals surface area contributed by atoms with Crippen molar-refractivity contribution in [3.05, 3.63) is 35.9 Å². The molecule has 0 aliphatic heterocycles. The topological polar surface area (TPSA) is 20.3 Å². The van der Waals surface area contributed by atoms with Crippen LogP contribution < -0.4 is 0 Å². The SMILES string of the molecule is O=C(c1ccccc1)N(C(F)F)C(F)F. The lowest BCUT2D eigenvalue weighted by molar-refractivity contribution is -0.113. The van der Waals surface area contributed by atoms with Crippen LogP contribution in [0.5, 0.6) is 0 Å². The summed E-state index contributed by atoms with van der Waals surface area (Å²) in [4.78, 5) is 10.4. The molecule has 1 aromatic carbocycles. The van der Waals surface area contributed by atoms with Gasteiger partial charge in [0.15, 0.2) is 0 Å². The molecule has 15 heavy (non-hydrogen) atoms. The molecule has 0 N–H and O–H groups in total. The van der Waals surface area contributed by atoms with Gasteiger partial charge in [-0.15, -0.1) is 0 Å². The standard InChI is InChI=1S/C9H7F4NO/c10-8(11)14(9(12)13)7(15)6-4-2-1-3-5-6/h1-5,8-9H. The van der Waals surface area contributed by atoms with Gasteiger partial charge in [-0.3, -0.25) is 4.79 Å². The highest BCUT2D eigenvalue weighted by Crippen LogP contribution is 2.15. The molecule has 0 radical (unpaired) electrons. The van der Waals surface area contributed by atoms with Gasteiger partial charge in [0.2, 0.25) is 0 Å². The summed E-state index contributed by atoms with van der Waals surface area (Å²) < 4.78 is 48.4. The summed E-state index contributed by atoms with van der Waals surface area (Å²) in [6.45, 7) is -7.03. The maximum atomic E-state index is 12.1. The molecule has 1 amide bonds. The van der Waals surface area contributed by atoms with E-state index in [0.717, 1.165) is 0 Å². The molecule has 82 valence electrons. The predicted molar refractivity (Wildman–Crippen MR) is 44.6 cm³/mol. The zero-order valence-electron chi connectivity index (χ0n) is 7.41. The number of alkyl halides is 4. The van der Waals surface area contributed by atoms with E-state index in [0.29, 0.717) is 0 Å². The summed E-state index contributed by atoms with van der Waals surface area (Å²) in [6, 6.07) is 6.75. The number of rotatable bonds is 3. The summed E-state index contributed by atoms with van der Waals surface area (Å²) in [5.41, 5.74) is -0.196. The number of amides is 1. The Balaban J connectivity index is 2.92. The van der Waals surface area contributed by atoms with Crippen LogP contribution >= 0.6 is 0 Å². The van der Waals surface area contributed by atoms with Gasteiger partial charge in [0.1, 0.15) is 0 Å². The van der Waals surface area contributed by atoms with Gasteiger partial charge < -0.3 is 0 Å². The van der Waals surface area contributed by atoms with Crippen LogP contribution in [0.25, 0.3) is 0 Å². The van der Waals surface area contributed by atoms with Crippen LogP contribution in [0.4, 0.5) is 17.6 Å². The number of carbonyl (C=O) groups excluding carboxylic acids is 1. The second-order valence-electron chi connectivity index (χ2n) is 2.63. The van der Waals surface area contributed by atoms with E-state index >= 15 is 0 Å². The van der Waals surface area contributed by atoms with Crippen LogP contribution in [0.1, 0.15) is 10.4 Å². The first-order chi connectivity index (χ1) is 7.04. The largest absolute Gasteiger partial charge is 0.321 e. The van der Waals surface area contributed by atoms with Crippen molar-refractivity contribution in [1.29, 1.82) is 0 Å². The Morgan fingerprint density at radius 3 is 1.87 bits per heavy atom. The molecule has 2 nitrogen and oxygen atoms in total. The fourth-order valence-corrected chi connectivity index (χ4v) is 0.992. The predicted octanol–water partition coefficient (Wildman–Crippen LogP) is 2.57. The van der Waals surface area contributed by atoms with Gasteiger partial charge in [-0.1, -0.05) is 18.2 Å². The second-order valence-corrected chi connectivity index (χ2v) is 2.63. The van der Waals surface area contributed by atoms with E-state index < -0.39 is 23.9 Å². The first kappa shape index (κ1) is 11.5. The van der Waals surface area contributed by atoms with Crippen molar-refractivity contribution >= 4 is 5.91 Å². The lowest BCUT2D eigenvalue weighted by Gasteiger charge is -2.20. The molecule has 1 aromatic rings. The van der Waals surface area contributed by atoms with Crippen molar-refractivity contribution in [3.8, 4) is 0 Å². The van der Waals surface area contributed by atoms with Gasteiger partial charge in [-0.2, -0.15) is 17.6 Å². The quantitative estimate of drug-likeness (QED) is 0.567. The second kappa shape index (κ2) is 4.77. The lowest BCUT2D eigenvalue weighted by atomic mass is 10.2. The summed E-state index contributed by atoms with van der Waals surface area (Å²) in [7, 11) is 0. The number of carbonyl (C=O) groups is 1. The Morgan fingerprint density at radius 2 is 1.47 bits per heavy atom. The highest BCUT2D eigenvalue weighted by molar-refractivity contribution is 5.94. The zero-order chi connectivity index (χ0) is 11.4. The van der Waals surface area contributed by atoms with Crippen molar-refractivity contribution in [3.63, 3.8) is 0 Å². The number of halogens is 4. The van der Waals surface area contributed by atoms with E-state index in [2.05, 4.69) is 0 Å². The van der Waals surface area contributed by atoms with Crippen molar-refractivity contribution in [2.75, 3.05) is 0 Å². The van der Waals surface area contributed by atoms with Crippen molar-refractivity contribution < 1.29 is 22.4 Å². The zero-order valence-corrected chi connectivity index (χ0v) is 7.41. The van der Waals surface area contributed by atoms with Gasteiger partial charge in [0, 0.05) is 5.56 Å². The van der Waals surface area contributed by atoms with Crippen LogP contribution in [0.3, 0.4) is 0 Å². The Bertz CT molecular complexity index is 320. The molecule has 0 fully saturated rings. The number of benzene rings is 1. The maximum Gasteiger partial charge on any atom is 0.321 e. The maximum absolute atomic E-state index is 12.1. The van der Waals surface area contributed by atoms with E-state index in [4.69, 9.17) is 0 Å².